The highest BCUT2D eigenvalue weighted by Gasteiger charge is 2.32. The number of benzene rings is 2. The second-order valence-electron chi connectivity index (χ2n) is 8.42. The number of sulfonamides is 1. The standard InChI is InChI=1S/C26H37N3O4S/c1-6-17-27-26(31)23(8-3)28(18-22-15-10-9-13-20(22)4)25(30)19-29(34(5,32)33)24-16-12-11-14-21(24)7-2/h9-16,23H,6-8,17-19H2,1-5H3,(H,27,31)/t23-/m0/s1. The molecule has 0 fully saturated rings. The third kappa shape index (κ3) is 7.06. The highest BCUT2D eigenvalue weighted by Crippen LogP contribution is 2.24. The summed E-state index contributed by atoms with van der Waals surface area (Å²) in [5, 5.41) is 2.89. The summed E-state index contributed by atoms with van der Waals surface area (Å²) in [5.74, 6) is -0.649. The number of carbonyl (C=O) groups excluding carboxylic acids is 2. The summed E-state index contributed by atoms with van der Waals surface area (Å²) in [6.45, 7) is 8.08. The van der Waals surface area contributed by atoms with Crippen molar-refractivity contribution in [1.82, 2.24) is 10.2 Å². The topological polar surface area (TPSA) is 86.8 Å². The van der Waals surface area contributed by atoms with Gasteiger partial charge in [0.2, 0.25) is 21.8 Å². The largest absolute Gasteiger partial charge is 0.354 e. The van der Waals surface area contributed by atoms with Crippen LogP contribution in [-0.4, -0.2) is 50.5 Å². The first-order valence-corrected chi connectivity index (χ1v) is 13.7. The maximum absolute atomic E-state index is 13.7. The van der Waals surface area contributed by atoms with Crippen molar-refractivity contribution in [2.45, 2.75) is 59.5 Å². The first-order valence-electron chi connectivity index (χ1n) is 11.8. The average molecular weight is 488 g/mol. The summed E-state index contributed by atoms with van der Waals surface area (Å²) in [6.07, 6.45) is 2.92. The lowest BCUT2D eigenvalue weighted by atomic mass is 10.1. The summed E-state index contributed by atoms with van der Waals surface area (Å²) in [6, 6.07) is 14.2. The van der Waals surface area contributed by atoms with Crippen LogP contribution < -0.4 is 9.62 Å². The molecule has 0 aliphatic heterocycles. The molecule has 7 nitrogen and oxygen atoms in total. The predicted octanol–water partition coefficient (Wildman–Crippen LogP) is 3.66. The van der Waals surface area contributed by atoms with Gasteiger partial charge in [-0.15, -0.1) is 0 Å². The van der Waals surface area contributed by atoms with Crippen molar-refractivity contribution in [3.8, 4) is 0 Å². The molecule has 0 saturated heterocycles. The van der Waals surface area contributed by atoms with Crippen LogP contribution in [0, 0.1) is 6.92 Å². The number of hydrogen-bond donors (Lipinski definition) is 1. The van der Waals surface area contributed by atoms with Crippen LogP contribution in [0.1, 0.15) is 50.3 Å². The fourth-order valence-electron chi connectivity index (χ4n) is 3.90. The Morgan fingerprint density at radius 2 is 1.59 bits per heavy atom. The first kappa shape index (κ1) is 27.4. The van der Waals surface area contributed by atoms with Crippen LogP contribution in [0.5, 0.6) is 0 Å². The monoisotopic (exact) mass is 487 g/mol. The second-order valence-corrected chi connectivity index (χ2v) is 10.3. The summed E-state index contributed by atoms with van der Waals surface area (Å²) in [7, 11) is -3.74. The van der Waals surface area contributed by atoms with Gasteiger partial charge in [-0.3, -0.25) is 13.9 Å². The minimum absolute atomic E-state index is 0.219. The summed E-state index contributed by atoms with van der Waals surface area (Å²) < 4.78 is 26.7. The Balaban J connectivity index is 2.47. The van der Waals surface area contributed by atoms with Gasteiger partial charge in [0.25, 0.3) is 0 Å². The van der Waals surface area contributed by atoms with Crippen molar-refractivity contribution in [3.05, 3.63) is 65.2 Å². The van der Waals surface area contributed by atoms with Gasteiger partial charge >= 0.3 is 0 Å². The molecule has 0 saturated carbocycles. The third-order valence-corrected chi connectivity index (χ3v) is 6.98. The molecule has 8 heteroatoms. The number of hydrogen-bond acceptors (Lipinski definition) is 4. The number of anilines is 1. The molecule has 2 aromatic carbocycles. The van der Waals surface area contributed by atoms with Crippen LogP contribution in [0.15, 0.2) is 48.5 Å². The molecule has 2 aromatic rings. The van der Waals surface area contributed by atoms with Crippen LogP contribution in [-0.2, 0) is 32.6 Å². The zero-order chi connectivity index (χ0) is 25.3. The van der Waals surface area contributed by atoms with E-state index in [4.69, 9.17) is 0 Å². The zero-order valence-corrected chi connectivity index (χ0v) is 21.7. The normalized spacial score (nSPS) is 12.1. The van der Waals surface area contributed by atoms with Gasteiger partial charge in [-0.2, -0.15) is 0 Å². The highest BCUT2D eigenvalue weighted by molar-refractivity contribution is 7.92. The molecule has 0 aliphatic carbocycles. The van der Waals surface area contributed by atoms with E-state index in [-0.39, 0.29) is 19.0 Å². The number of nitrogens with one attached hydrogen (secondary N) is 1. The molecule has 2 rings (SSSR count). The van der Waals surface area contributed by atoms with E-state index in [1.807, 2.05) is 64.1 Å². The van der Waals surface area contributed by atoms with E-state index < -0.39 is 22.0 Å². The van der Waals surface area contributed by atoms with E-state index in [9.17, 15) is 18.0 Å². The first-order chi connectivity index (χ1) is 16.1. The lowest BCUT2D eigenvalue weighted by Crippen LogP contribution is -2.52. The van der Waals surface area contributed by atoms with Crippen molar-refractivity contribution in [2.24, 2.45) is 0 Å². The fourth-order valence-corrected chi connectivity index (χ4v) is 4.78. The highest BCUT2D eigenvalue weighted by atomic mass is 32.2. The fraction of sp³-hybridized carbons (Fsp3) is 0.462. The molecule has 2 amide bonds. The Hall–Kier alpha value is -2.87. The van der Waals surface area contributed by atoms with Gasteiger partial charge in [0.05, 0.1) is 11.9 Å². The summed E-state index contributed by atoms with van der Waals surface area (Å²) >= 11 is 0. The number of carbonyl (C=O) groups is 2. The Labute approximate surface area is 204 Å². The van der Waals surface area contributed by atoms with E-state index in [0.29, 0.717) is 25.1 Å². The molecule has 34 heavy (non-hydrogen) atoms. The van der Waals surface area contributed by atoms with E-state index in [1.54, 1.807) is 12.1 Å². The summed E-state index contributed by atoms with van der Waals surface area (Å²) in [4.78, 5) is 28.2. The van der Waals surface area contributed by atoms with Gasteiger partial charge in [-0.25, -0.2) is 8.42 Å². The molecule has 0 spiro atoms. The van der Waals surface area contributed by atoms with Crippen LogP contribution >= 0.6 is 0 Å². The van der Waals surface area contributed by atoms with Gasteiger partial charge in [0.15, 0.2) is 0 Å². The number of amides is 2. The van der Waals surface area contributed by atoms with Gasteiger partial charge in [-0.05, 0) is 48.9 Å². The molecule has 186 valence electrons. The van der Waals surface area contributed by atoms with Gasteiger partial charge < -0.3 is 10.2 Å². The van der Waals surface area contributed by atoms with E-state index >= 15 is 0 Å². The molecule has 1 atom stereocenters. The van der Waals surface area contributed by atoms with Crippen molar-refractivity contribution < 1.29 is 18.0 Å². The number of rotatable bonds is 12. The Morgan fingerprint density at radius 3 is 2.15 bits per heavy atom. The molecule has 1 N–H and O–H groups in total. The smallest absolute Gasteiger partial charge is 0.244 e. The molecular formula is C26H37N3O4S. The molecule has 0 radical (unpaired) electrons. The minimum atomic E-state index is -3.74. The molecule has 0 unspecified atom stereocenters. The van der Waals surface area contributed by atoms with Crippen molar-refractivity contribution in [2.75, 3.05) is 23.7 Å². The van der Waals surface area contributed by atoms with E-state index in [2.05, 4.69) is 5.32 Å². The maximum atomic E-state index is 13.7. The third-order valence-electron chi connectivity index (χ3n) is 5.86. The van der Waals surface area contributed by atoms with Crippen molar-refractivity contribution in [1.29, 1.82) is 0 Å². The van der Waals surface area contributed by atoms with Crippen LogP contribution in [0.2, 0.25) is 0 Å². The summed E-state index contributed by atoms with van der Waals surface area (Å²) in [5.41, 5.74) is 3.23. The molecule has 0 bridgehead atoms. The Morgan fingerprint density at radius 1 is 0.971 bits per heavy atom. The number of aryl methyl sites for hydroxylation is 2. The van der Waals surface area contributed by atoms with Crippen molar-refractivity contribution in [3.63, 3.8) is 0 Å². The maximum Gasteiger partial charge on any atom is 0.244 e. The van der Waals surface area contributed by atoms with E-state index in [0.717, 1.165) is 33.7 Å². The molecular weight excluding hydrogens is 450 g/mol. The lowest BCUT2D eigenvalue weighted by molar-refractivity contribution is -0.140. The van der Waals surface area contributed by atoms with E-state index in [1.165, 1.54) is 4.90 Å². The van der Waals surface area contributed by atoms with Crippen molar-refractivity contribution >= 4 is 27.5 Å². The SMILES string of the molecule is CCCNC(=O)[C@H](CC)N(Cc1ccccc1C)C(=O)CN(c1ccccc1CC)S(C)(=O)=O. The lowest BCUT2D eigenvalue weighted by Gasteiger charge is -2.33. The number of nitrogens with zero attached hydrogens (tertiary/aromatic N) is 2. The van der Waals surface area contributed by atoms with Gasteiger partial charge in [0, 0.05) is 13.1 Å². The molecule has 0 aliphatic rings. The average Bonchev–Trinajstić information content (AvgIpc) is 2.81. The van der Waals surface area contributed by atoms with Crippen LogP contribution in [0.4, 0.5) is 5.69 Å². The van der Waals surface area contributed by atoms with Crippen LogP contribution in [0.3, 0.4) is 0 Å². The second kappa shape index (κ2) is 12.6. The zero-order valence-electron chi connectivity index (χ0n) is 20.9. The number of para-hydroxylation sites is 1. The van der Waals surface area contributed by atoms with Crippen LogP contribution in [0.25, 0.3) is 0 Å². The quantitative estimate of drug-likeness (QED) is 0.495. The Bertz CT molecular complexity index is 1080. The minimum Gasteiger partial charge on any atom is -0.354 e. The van der Waals surface area contributed by atoms with Gasteiger partial charge in [-0.1, -0.05) is 63.2 Å². The molecule has 0 heterocycles. The Kier molecular flexibility index (Phi) is 10.1. The molecule has 0 aromatic heterocycles. The van der Waals surface area contributed by atoms with Gasteiger partial charge in [0.1, 0.15) is 12.6 Å². The predicted molar refractivity (Wildman–Crippen MR) is 137 cm³/mol.